The van der Waals surface area contributed by atoms with E-state index in [1.165, 1.54) is 30.4 Å². The minimum Gasteiger partial charge on any atom is -0.486 e. The number of benzene rings is 1. The molecule has 0 atom stereocenters. The van der Waals surface area contributed by atoms with Gasteiger partial charge < -0.3 is 14.8 Å². The molecular formula is C16H23NO2. The Kier molecular flexibility index (Phi) is 3.92. The van der Waals surface area contributed by atoms with Crippen LogP contribution in [0.1, 0.15) is 30.9 Å². The van der Waals surface area contributed by atoms with E-state index in [2.05, 4.69) is 24.4 Å². The zero-order chi connectivity index (χ0) is 13.1. The smallest absolute Gasteiger partial charge is 0.161 e. The normalized spacial score (nSPS) is 19.4. The van der Waals surface area contributed by atoms with Gasteiger partial charge in [0.2, 0.25) is 0 Å². The molecule has 1 aromatic carbocycles. The first-order valence-corrected chi connectivity index (χ1v) is 7.49. The molecule has 0 aliphatic carbocycles. The van der Waals surface area contributed by atoms with E-state index in [1.54, 1.807) is 0 Å². The molecule has 0 spiro atoms. The first-order chi connectivity index (χ1) is 9.36. The van der Waals surface area contributed by atoms with Crippen LogP contribution in [0.2, 0.25) is 0 Å². The molecule has 0 unspecified atom stereocenters. The summed E-state index contributed by atoms with van der Waals surface area (Å²) in [7, 11) is 0. The van der Waals surface area contributed by atoms with Crippen molar-refractivity contribution in [3.8, 4) is 11.5 Å². The standard InChI is InChI=1S/C16H23NO2/c1-2-13-10-15-16(19-8-7-18-15)11-14(13)9-12-3-5-17-6-4-12/h10-12,17H,2-9H2,1H3. The second-order valence-electron chi connectivity index (χ2n) is 5.52. The summed E-state index contributed by atoms with van der Waals surface area (Å²) in [5.74, 6) is 2.68. The van der Waals surface area contributed by atoms with Crippen molar-refractivity contribution in [2.45, 2.75) is 32.6 Å². The van der Waals surface area contributed by atoms with E-state index in [4.69, 9.17) is 9.47 Å². The van der Waals surface area contributed by atoms with Crippen LogP contribution in [0.25, 0.3) is 0 Å². The topological polar surface area (TPSA) is 30.5 Å². The lowest BCUT2D eigenvalue weighted by Gasteiger charge is -2.25. The number of nitrogens with one attached hydrogen (secondary N) is 1. The zero-order valence-electron chi connectivity index (χ0n) is 11.7. The van der Waals surface area contributed by atoms with Crippen LogP contribution in [0.3, 0.4) is 0 Å². The fourth-order valence-electron chi connectivity index (χ4n) is 3.09. The molecule has 1 saturated heterocycles. The molecular weight excluding hydrogens is 238 g/mol. The highest BCUT2D eigenvalue weighted by atomic mass is 16.6. The first kappa shape index (κ1) is 12.8. The maximum absolute atomic E-state index is 5.72. The minimum atomic E-state index is 0.670. The maximum atomic E-state index is 5.72. The number of aryl methyl sites for hydroxylation is 1. The Balaban J connectivity index is 1.82. The van der Waals surface area contributed by atoms with Crippen LogP contribution in [0.15, 0.2) is 12.1 Å². The zero-order valence-corrected chi connectivity index (χ0v) is 11.7. The number of fused-ring (bicyclic) bond motifs is 1. The van der Waals surface area contributed by atoms with E-state index >= 15 is 0 Å². The Labute approximate surface area is 115 Å². The van der Waals surface area contributed by atoms with Crippen LogP contribution in [0.5, 0.6) is 11.5 Å². The minimum absolute atomic E-state index is 0.670. The summed E-state index contributed by atoms with van der Waals surface area (Å²) in [5, 5.41) is 3.43. The van der Waals surface area contributed by atoms with Gasteiger partial charge in [-0.15, -0.1) is 0 Å². The van der Waals surface area contributed by atoms with Crippen molar-refractivity contribution in [2.75, 3.05) is 26.3 Å². The summed E-state index contributed by atoms with van der Waals surface area (Å²) in [6.45, 7) is 5.89. The average Bonchev–Trinajstić information content (AvgIpc) is 2.47. The van der Waals surface area contributed by atoms with Crippen LogP contribution >= 0.6 is 0 Å². The SMILES string of the molecule is CCc1cc2c(cc1CC1CCNCC1)OCCO2. The highest BCUT2D eigenvalue weighted by Gasteiger charge is 2.19. The van der Waals surface area contributed by atoms with Crippen molar-refractivity contribution < 1.29 is 9.47 Å². The third-order valence-corrected chi connectivity index (χ3v) is 4.21. The van der Waals surface area contributed by atoms with Gasteiger partial charge in [0.25, 0.3) is 0 Å². The maximum Gasteiger partial charge on any atom is 0.161 e. The third-order valence-electron chi connectivity index (χ3n) is 4.21. The summed E-state index contributed by atoms with van der Waals surface area (Å²) in [6, 6.07) is 4.40. The van der Waals surface area contributed by atoms with Gasteiger partial charge >= 0.3 is 0 Å². The van der Waals surface area contributed by atoms with Crippen molar-refractivity contribution in [1.82, 2.24) is 5.32 Å². The first-order valence-electron chi connectivity index (χ1n) is 7.49. The molecule has 1 aromatic rings. The summed E-state index contributed by atoms with van der Waals surface area (Å²) < 4.78 is 11.4. The lowest BCUT2D eigenvalue weighted by atomic mass is 9.88. The van der Waals surface area contributed by atoms with Crippen LogP contribution in [0.4, 0.5) is 0 Å². The van der Waals surface area contributed by atoms with E-state index < -0.39 is 0 Å². The molecule has 3 rings (SSSR count). The van der Waals surface area contributed by atoms with Gasteiger partial charge in [0.05, 0.1) is 0 Å². The van der Waals surface area contributed by atoms with E-state index in [0.29, 0.717) is 13.2 Å². The number of hydrogen-bond donors (Lipinski definition) is 1. The molecule has 1 fully saturated rings. The summed E-state index contributed by atoms with van der Waals surface area (Å²) in [4.78, 5) is 0. The van der Waals surface area contributed by atoms with Crippen molar-refractivity contribution in [1.29, 1.82) is 0 Å². The van der Waals surface area contributed by atoms with Gasteiger partial charge in [0.15, 0.2) is 11.5 Å². The number of ether oxygens (including phenoxy) is 2. The fourth-order valence-corrected chi connectivity index (χ4v) is 3.09. The predicted molar refractivity (Wildman–Crippen MR) is 76.1 cm³/mol. The Morgan fingerprint density at radius 3 is 2.32 bits per heavy atom. The quantitative estimate of drug-likeness (QED) is 0.907. The van der Waals surface area contributed by atoms with E-state index in [0.717, 1.165) is 36.9 Å². The molecule has 2 heterocycles. The van der Waals surface area contributed by atoms with Gasteiger partial charge in [-0.1, -0.05) is 6.92 Å². The molecule has 3 heteroatoms. The van der Waals surface area contributed by atoms with Gasteiger partial charge in [0.1, 0.15) is 13.2 Å². The monoisotopic (exact) mass is 261 g/mol. The highest BCUT2D eigenvalue weighted by molar-refractivity contribution is 5.48. The van der Waals surface area contributed by atoms with E-state index in [1.807, 2.05) is 0 Å². The molecule has 2 aliphatic rings. The summed E-state index contributed by atoms with van der Waals surface area (Å²) in [6.07, 6.45) is 4.83. The Morgan fingerprint density at radius 2 is 1.68 bits per heavy atom. The van der Waals surface area contributed by atoms with Crippen molar-refractivity contribution in [3.05, 3.63) is 23.3 Å². The fraction of sp³-hybridized carbons (Fsp3) is 0.625. The molecule has 0 aromatic heterocycles. The largest absolute Gasteiger partial charge is 0.486 e. The van der Waals surface area contributed by atoms with Crippen LogP contribution in [0, 0.1) is 5.92 Å². The van der Waals surface area contributed by atoms with Gasteiger partial charge in [-0.05, 0) is 68.0 Å². The Bertz CT molecular complexity index is 439. The molecule has 0 saturated carbocycles. The number of hydrogen-bond acceptors (Lipinski definition) is 3. The van der Waals surface area contributed by atoms with Crippen molar-refractivity contribution >= 4 is 0 Å². The Hall–Kier alpha value is -1.22. The molecule has 19 heavy (non-hydrogen) atoms. The molecule has 1 N–H and O–H groups in total. The van der Waals surface area contributed by atoms with Crippen molar-refractivity contribution in [2.24, 2.45) is 5.92 Å². The Morgan fingerprint density at radius 1 is 1.05 bits per heavy atom. The lowest BCUT2D eigenvalue weighted by Crippen LogP contribution is -2.28. The second-order valence-corrected chi connectivity index (χ2v) is 5.52. The van der Waals surface area contributed by atoms with E-state index in [-0.39, 0.29) is 0 Å². The van der Waals surface area contributed by atoms with Crippen molar-refractivity contribution in [3.63, 3.8) is 0 Å². The predicted octanol–water partition coefficient (Wildman–Crippen LogP) is 2.56. The number of piperidine rings is 1. The average molecular weight is 261 g/mol. The lowest BCUT2D eigenvalue weighted by molar-refractivity contribution is 0.171. The molecule has 0 amide bonds. The highest BCUT2D eigenvalue weighted by Crippen LogP contribution is 2.35. The molecule has 2 aliphatic heterocycles. The molecule has 0 bridgehead atoms. The van der Waals surface area contributed by atoms with Gasteiger partial charge in [-0.2, -0.15) is 0 Å². The summed E-state index contributed by atoms with van der Waals surface area (Å²) >= 11 is 0. The van der Waals surface area contributed by atoms with Crippen LogP contribution in [-0.4, -0.2) is 26.3 Å². The number of rotatable bonds is 3. The molecule has 0 radical (unpaired) electrons. The second kappa shape index (κ2) is 5.83. The van der Waals surface area contributed by atoms with Gasteiger partial charge in [-0.25, -0.2) is 0 Å². The molecule has 104 valence electrons. The van der Waals surface area contributed by atoms with Gasteiger partial charge in [0, 0.05) is 0 Å². The summed E-state index contributed by atoms with van der Waals surface area (Å²) in [5.41, 5.74) is 2.88. The van der Waals surface area contributed by atoms with E-state index in [9.17, 15) is 0 Å². The van der Waals surface area contributed by atoms with Crippen LogP contribution in [-0.2, 0) is 12.8 Å². The van der Waals surface area contributed by atoms with Crippen LogP contribution < -0.4 is 14.8 Å². The van der Waals surface area contributed by atoms with Gasteiger partial charge in [-0.3, -0.25) is 0 Å². The molecule has 3 nitrogen and oxygen atoms in total. The third kappa shape index (κ3) is 2.86.